The molecule has 0 spiro atoms. The largest absolute Gasteiger partial charge is 0.481 e. The number of pyridine rings is 1. The van der Waals surface area contributed by atoms with E-state index < -0.39 is 0 Å². The number of carbonyl (C=O) groups excluding carboxylic acids is 1. The van der Waals surface area contributed by atoms with Crippen molar-refractivity contribution in [1.29, 1.82) is 0 Å². The Morgan fingerprint density at radius 3 is 2.88 bits per heavy atom. The molecule has 0 aromatic carbocycles. The maximum atomic E-state index is 11.4. The van der Waals surface area contributed by atoms with Crippen molar-refractivity contribution >= 4 is 23.2 Å². The van der Waals surface area contributed by atoms with E-state index in [2.05, 4.69) is 10.3 Å². The lowest BCUT2D eigenvalue weighted by molar-refractivity contribution is -0.116. The number of rotatable bonds is 6. The van der Waals surface area contributed by atoms with E-state index in [4.69, 9.17) is 16.3 Å². The molecule has 0 atom stereocenters. The van der Waals surface area contributed by atoms with Gasteiger partial charge in [0, 0.05) is 18.4 Å². The van der Waals surface area contributed by atoms with Crippen LogP contribution < -0.4 is 10.1 Å². The summed E-state index contributed by atoms with van der Waals surface area (Å²) in [7, 11) is 1.55. The van der Waals surface area contributed by atoms with E-state index in [1.54, 1.807) is 25.4 Å². The maximum Gasteiger partial charge on any atom is 0.224 e. The standard InChI is InChI=1S/C11H15ClN2O2/c1-16-11-6-5-9(8-13-11)14-10(15)4-2-3-7-12/h5-6,8H,2-4,7H2,1H3,(H,14,15). The Morgan fingerprint density at radius 2 is 2.31 bits per heavy atom. The molecule has 88 valence electrons. The highest BCUT2D eigenvalue weighted by molar-refractivity contribution is 6.17. The molecule has 0 fully saturated rings. The number of hydrogen-bond acceptors (Lipinski definition) is 3. The van der Waals surface area contributed by atoms with E-state index in [0.29, 0.717) is 23.9 Å². The first kappa shape index (κ1) is 12.8. The zero-order valence-corrected chi connectivity index (χ0v) is 9.96. The number of aromatic nitrogens is 1. The van der Waals surface area contributed by atoms with Crippen LogP contribution in [0.15, 0.2) is 18.3 Å². The van der Waals surface area contributed by atoms with Crippen molar-refractivity contribution in [2.45, 2.75) is 19.3 Å². The first-order valence-electron chi connectivity index (χ1n) is 5.12. The van der Waals surface area contributed by atoms with Gasteiger partial charge in [-0.15, -0.1) is 11.6 Å². The smallest absolute Gasteiger partial charge is 0.224 e. The summed E-state index contributed by atoms with van der Waals surface area (Å²) in [5, 5.41) is 2.75. The molecule has 0 unspecified atom stereocenters. The predicted molar refractivity (Wildman–Crippen MR) is 64.0 cm³/mol. The summed E-state index contributed by atoms with van der Waals surface area (Å²) < 4.78 is 4.92. The fraction of sp³-hybridized carbons (Fsp3) is 0.455. The molecule has 16 heavy (non-hydrogen) atoms. The molecule has 0 radical (unpaired) electrons. The van der Waals surface area contributed by atoms with Gasteiger partial charge < -0.3 is 10.1 Å². The third kappa shape index (κ3) is 4.49. The summed E-state index contributed by atoms with van der Waals surface area (Å²) in [4.78, 5) is 15.4. The van der Waals surface area contributed by atoms with Gasteiger partial charge in [0.25, 0.3) is 0 Å². The number of ether oxygens (including phenoxy) is 1. The van der Waals surface area contributed by atoms with Gasteiger partial charge in [0.05, 0.1) is 19.0 Å². The van der Waals surface area contributed by atoms with Crippen molar-refractivity contribution in [2.75, 3.05) is 18.3 Å². The van der Waals surface area contributed by atoms with Crippen molar-refractivity contribution in [1.82, 2.24) is 4.98 Å². The normalized spacial score (nSPS) is 9.88. The van der Waals surface area contributed by atoms with Gasteiger partial charge in [-0.25, -0.2) is 4.98 Å². The molecule has 4 nitrogen and oxygen atoms in total. The minimum atomic E-state index is -0.0166. The van der Waals surface area contributed by atoms with Crippen LogP contribution in [-0.2, 0) is 4.79 Å². The average Bonchev–Trinajstić information content (AvgIpc) is 2.30. The number of halogens is 1. The van der Waals surface area contributed by atoms with Gasteiger partial charge in [-0.2, -0.15) is 0 Å². The zero-order chi connectivity index (χ0) is 11.8. The molecular formula is C11H15ClN2O2. The summed E-state index contributed by atoms with van der Waals surface area (Å²) in [6.45, 7) is 0. The Hall–Kier alpha value is -1.29. The van der Waals surface area contributed by atoms with Gasteiger partial charge in [0.15, 0.2) is 0 Å². The van der Waals surface area contributed by atoms with E-state index in [1.807, 2.05) is 0 Å². The first-order chi connectivity index (χ1) is 7.76. The molecule has 0 bridgehead atoms. The Morgan fingerprint density at radius 1 is 1.50 bits per heavy atom. The Kier molecular flexibility index (Phi) is 5.64. The van der Waals surface area contributed by atoms with Crippen LogP contribution in [0.5, 0.6) is 5.88 Å². The van der Waals surface area contributed by atoms with Crippen LogP contribution in [-0.4, -0.2) is 23.9 Å². The van der Waals surface area contributed by atoms with Crippen LogP contribution in [0.2, 0.25) is 0 Å². The van der Waals surface area contributed by atoms with E-state index in [0.717, 1.165) is 12.8 Å². The van der Waals surface area contributed by atoms with Gasteiger partial charge in [-0.05, 0) is 18.9 Å². The molecule has 1 amide bonds. The summed E-state index contributed by atoms with van der Waals surface area (Å²) in [6.07, 6.45) is 3.71. The fourth-order valence-electron chi connectivity index (χ4n) is 1.18. The molecule has 0 saturated carbocycles. The lowest BCUT2D eigenvalue weighted by Crippen LogP contribution is -2.11. The molecule has 0 saturated heterocycles. The number of anilines is 1. The van der Waals surface area contributed by atoms with Gasteiger partial charge in [0.2, 0.25) is 11.8 Å². The molecule has 0 aliphatic carbocycles. The van der Waals surface area contributed by atoms with Gasteiger partial charge in [-0.3, -0.25) is 4.79 Å². The molecule has 1 rings (SSSR count). The number of amides is 1. The number of nitrogens with zero attached hydrogens (tertiary/aromatic N) is 1. The van der Waals surface area contributed by atoms with Crippen molar-refractivity contribution in [3.8, 4) is 5.88 Å². The molecule has 1 aromatic heterocycles. The number of nitrogens with one attached hydrogen (secondary N) is 1. The van der Waals surface area contributed by atoms with Crippen molar-refractivity contribution in [2.24, 2.45) is 0 Å². The lowest BCUT2D eigenvalue weighted by Gasteiger charge is -2.05. The van der Waals surface area contributed by atoms with Crippen LogP contribution in [0.3, 0.4) is 0 Å². The van der Waals surface area contributed by atoms with Crippen molar-refractivity contribution in [3.05, 3.63) is 18.3 Å². The van der Waals surface area contributed by atoms with Crippen molar-refractivity contribution < 1.29 is 9.53 Å². The Balaban J connectivity index is 2.37. The second-order valence-electron chi connectivity index (χ2n) is 3.28. The second-order valence-corrected chi connectivity index (χ2v) is 3.66. The number of methoxy groups -OCH3 is 1. The van der Waals surface area contributed by atoms with Crippen LogP contribution >= 0.6 is 11.6 Å². The molecule has 1 aromatic rings. The highest BCUT2D eigenvalue weighted by atomic mass is 35.5. The van der Waals surface area contributed by atoms with E-state index >= 15 is 0 Å². The van der Waals surface area contributed by atoms with Crippen LogP contribution in [0.4, 0.5) is 5.69 Å². The summed E-state index contributed by atoms with van der Waals surface area (Å²) >= 11 is 5.52. The Bertz CT molecular complexity index is 327. The third-order valence-electron chi connectivity index (χ3n) is 2.02. The van der Waals surface area contributed by atoms with E-state index in [-0.39, 0.29) is 5.91 Å². The molecular weight excluding hydrogens is 228 g/mol. The van der Waals surface area contributed by atoms with Crippen LogP contribution in [0.1, 0.15) is 19.3 Å². The molecule has 1 heterocycles. The quantitative estimate of drug-likeness (QED) is 0.616. The van der Waals surface area contributed by atoms with Crippen LogP contribution in [0, 0.1) is 0 Å². The van der Waals surface area contributed by atoms with Gasteiger partial charge in [-0.1, -0.05) is 0 Å². The highest BCUT2D eigenvalue weighted by Gasteiger charge is 2.02. The highest BCUT2D eigenvalue weighted by Crippen LogP contribution is 2.11. The number of alkyl halides is 1. The average molecular weight is 243 g/mol. The molecule has 5 heteroatoms. The number of unbranched alkanes of at least 4 members (excludes halogenated alkanes) is 1. The summed E-state index contributed by atoms with van der Waals surface area (Å²) in [6, 6.07) is 3.46. The number of carbonyl (C=O) groups is 1. The van der Waals surface area contributed by atoms with Gasteiger partial charge in [0.1, 0.15) is 0 Å². The second kappa shape index (κ2) is 7.06. The SMILES string of the molecule is COc1ccc(NC(=O)CCCCCl)cn1. The van der Waals surface area contributed by atoms with E-state index in [9.17, 15) is 4.79 Å². The van der Waals surface area contributed by atoms with Gasteiger partial charge >= 0.3 is 0 Å². The monoisotopic (exact) mass is 242 g/mol. The topological polar surface area (TPSA) is 51.2 Å². The minimum absolute atomic E-state index is 0.0166. The molecule has 1 N–H and O–H groups in total. The summed E-state index contributed by atoms with van der Waals surface area (Å²) in [5.41, 5.74) is 0.677. The third-order valence-corrected chi connectivity index (χ3v) is 2.28. The minimum Gasteiger partial charge on any atom is -0.481 e. The van der Waals surface area contributed by atoms with Crippen LogP contribution in [0.25, 0.3) is 0 Å². The lowest BCUT2D eigenvalue weighted by atomic mass is 10.2. The predicted octanol–water partition coefficient (Wildman–Crippen LogP) is 2.44. The Labute approximate surface area is 100.0 Å². The zero-order valence-electron chi connectivity index (χ0n) is 9.20. The van der Waals surface area contributed by atoms with Crippen molar-refractivity contribution in [3.63, 3.8) is 0 Å². The molecule has 0 aliphatic heterocycles. The maximum absolute atomic E-state index is 11.4. The first-order valence-corrected chi connectivity index (χ1v) is 5.65. The van der Waals surface area contributed by atoms with E-state index in [1.165, 1.54) is 0 Å². The summed E-state index contributed by atoms with van der Waals surface area (Å²) in [5.74, 6) is 1.11. The number of hydrogen-bond donors (Lipinski definition) is 1. The molecule has 0 aliphatic rings. The fourth-order valence-corrected chi connectivity index (χ4v) is 1.37.